The van der Waals surface area contributed by atoms with Crippen molar-refractivity contribution in [3.8, 4) is 39.6 Å². The Morgan fingerprint density at radius 2 is 1.58 bits per heavy atom. The summed E-state index contributed by atoms with van der Waals surface area (Å²) in [6, 6.07) is 23.9. The number of ether oxygens (including phenoxy) is 1. The van der Waals surface area contributed by atoms with Crippen molar-refractivity contribution in [3.63, 3.8) is 0 Å². The number of halogens is 5. The predicted molar refractivity (Wildman–Crippen MR) is 173 cm³/mol. The Kier molecular flexibility index (Phi) is 8.55. The van der Waals surface area contributed by atoms with Crippen molar-refractivity contribution < 1.29 is 35.5 Å². The van der Waals surface area contributed by atoms with Crippen molar-refractivity contribution in [2.24, 2.45) is 0 Å². The fourth-order valence-electron chi connectivity index (χ4n) is 5.59. The molecular formula is C36H21ClF4N2O4S. The highest BCUT2D eigenvalue weighted by atomic mass is 35.5. The van der Waals surface area contributed by atoms with Crippen LogP contribution < -0.4 is 0 Å². The number of carbonyl (C=O) groups is 1. The molecule has 1 heterocycles. The van der Waals surface area contributed by atoms with Gasteiger partial charge in [-0.25, -0.2) is 34.7 Å². The summed E-state index contributed by atoms with van der Waals surface area (Å²) >= 11 is 6.56. The van der Waals surface area contributed by atoms with Crippen LogP contribution in [0.3, 0.4) is 0 Å². The minimum atomic E-state index is -4.66. The number of rotatable bonds is 7. The molecule has 0 saturated carbocycles. The number of fused-ring (bicyclic) bond motifs is 1. The smallest absolute Gasteiger partial charge is 0.337 e. The number of hydrogen-bond donors (Lipinski definition) is 0. The first-order valence-electron chi connectivity index (χ1n) is 14.1. The molecule has 6 aromatic rings. The van der Waals surface area contributed by atoms with E-state index in [0.29, 0.717) is 11.1 Å². The third-order valence-corrected chi connectivity index (χ3v) is 9.82. The molecule has 6 rings (SSSR count). The minimum Gasteiger partial charge on any atom is -0.465 e. The van der Waals surface area contributed by atoms with E-state index < -0.39 is 39.6 Å². The summed E-state index contributed by atoms with van der Waals surface area (Å²) in [5.74, 6) is -2.23. The van der Waals surface area contributed by atoms with Gasteiger partial charge in [-0.2, -0.15) is 5.26 Å². The van der Waals surface area contributed by atoms with E-state index in [1.54, 1.807) is 30.3 Å². The first kappa shape index (κ1) is 32.5. The van der Waals surface area contributed by atoms with E-state index in [-0.39, 0.29) is 54.3 Å². The van der Waals surface area contributed by atoms with E-state index >= 15 is 4.39 Å². The third kappa shape index (κ3) is 5.59. The molecule has 0 aliphatic heterocycles. The zero-order valence-electron chi connectivity index (χ0n) is 24.7. The second-order valence-corrected chi connectivity index (χ2v) is 12.8. The van der Waals surface area contributed by atoms with Crippen LogP contribution in [-0.2, 0) is 14.8 Å². The molecule has 0 saturated heterocycles. The Morgan fingerprint density at radius 3 is 2.25 bits per heavy atom. The molecule has 0 aliphatic rings. The average Bonchev–Trinajstić information content (AvgIpc) is 3.42. The SMILES string of the molecule is COC(=O)c1ccc(-c2cccc(-c3c(-c4c(F)cccc4C#N)c4cc(F)ccc4n3S(=O)(=O)c3ccc(C(F)F)cc3)c2)c(Cl)c1. The Bertz CT molecular complexity index is 2400. The van der Waals surface area contributed by atoms with Gasteiger partial charge in [0.25, 0.3) is 16.4 Å². The highest BCUT2D eigenvalue weighted by molar-refractivity contribution is 7.90. The quantitative estimate of drug-likeness (QED) is 0.123. The number of carbonyl (C=O) groups excluding carboxylic acids is 1. The van der Waals surface area contributed by atoms with Gasteiger partial charge in [-0.15, -0.1) is 0 Å². The van der Waals surface area contributed by atoms with E-state index in [1.807, 2.05) is 6.07 Å². The van der Waals surface area contributed by atoms with Crippen LogP contribution in [0.25, 0.3) is 44.4 Å². The second-order valence-electron chi connectivity index (χ2n) is 10.6. The van der Waals surface area contributed by atoms with Crippen LogP contribution in [-0.4, -0.2) is 25.5 Å². The van der Waals surface area contributed by atoms with Crippen LogP contribution in [0.15, 0.2) is 108 Å². The van der Waals surface area contributed by atoms with Gasteiger partial charge in [-0.05, 0) is 66.2 Å². The zero-order valence-corrected chi connectivity index (χ0v) is 26.3. The topological polar surface area (TPSA) is 89.2 Å². The van der Waals surface area contributed by atoms with E-state index in [4.69, 9.17) is 16.3 Å². The molecule has 0 spiro atoms. The number of nitriles is 1. The number of benzene rings is 5. The normalized spacial score (nSPS) is 11.5. The van der Waals surface area contributed by atoms with Gasteiger partial charge in [0.2, 0.25) is 0 Å². The van der Waals surface area contributed by atoms with Crippen molar-refractivity contribution in [2.75, 3.05) is 7.11 Å². The molecule has 0 radical (unpaired) electrons. The van der Waals surface area contributed by atoms with Gasteiger partial charge in [0.1, 0.15) is 11.6 Å². The maximum atomic E-state index is 15.8. The largest absolute Gasteiger partial charge is 0.465 e. The maximum absolute atomic E-state index is 15.8. The lowest BCUT2D eigenvalue weighted by molar-refractivity contribution is 0.0600. The number of esters is 1. The summed E-state index contributed by atoms with van der Waals surface area (Å²) in [6.07, 6.45) is -2.85. The lowest BCUT2D eigenvalue weighted by Crippen LogP contribution is -2.14. The van der Waals surface area contributed by atoms with E-state index in [0.717, 1.165) is 46.4 Å². The van der Waals surface area contributed by atoms with Gasteiger partial charge in [-0.1, -0.05) is 54.1 Å². The molecule has 0 fully saturated rings. The first-order chi connectivity index (χ1) is 23.0. The van der Waals surface area contributed by atoms with Gasteiger partial charge >= 0.3 is 5.97 Å². The van der Waals surface area contributed by atoms with Gasteiger partial charge < -0.3 is 4.74 Å². The van der Waals surface area contributed by atoms with Crippen LogP contribution in [0.1, 0.15) is 27.9 Å². The molecule has 240 valence electrons. The first-order valence-corrected chi connectivity index (χ1v) is 15.9. The number of alkyl halides is 2. The van der Waals surface area contributed by atoms with Crippen LogP contribution in [0.5, 0.6) is 0 Å². The van der Waals surface area contributed by atoms with Gasteiger partial charge in [-0.3, -0.25) is 0 Å². The molecule has 0 amide bonds. The monoisotopic (exact) mass is 688 g/mol. The molecule has 0 unspecified atom stereocenters. The zero-order chi connectivity index (χ0) is 34.3. The highest BCUT2D eigenvalue weighted by Crippen LogP contribution is 2.46. The van der Waals surface area contributed by atoms with Crippen molar-refractivity contribution in [2.45, 2.75) is 11.3 Å². The second kappa shape index (κ2) is 12.6. The van der Waals surface area contributed by atoms with Crippen molar-refractivity contribution in [3.05, 3.63) is 136 Å². The van der Waals surface area contributed by atoms with Crippen LogP contribution in [0, 0.1) is 23.0 Å². The third-order valence-electron chi connectivity index (χ3n) is 7.78. The summed E-state index contributed by atoms with van der Waals surface area (Å²) in [7, 11) is -3.43. The number of hydrogen-bond acceptors (Lipinski definition) is 5. The van der Waals surface area contributed by atoms with Gasteiger partial charge in [0, 0.05) is 38.2 Å². The van der Waals surface area contributed by atoms with E-state index in [1.165, 1.54) is 37.4 Å². The standard InChI is InChI=1S/C36H21ClF4N2O4S/c1-47-36(44)23-10-14-27(29(37)17-23)21-4-2-5-22(16-21)34-33(32-24(19-42)6-3-7-30(32)39)28-18-25(38)11-15-31(28)43(34)48(45,46)26-12-8-20(9-13-26)35(40)41/h2-18,35H,1H3. The van der Waals surface area contributed by atoms with E-state index in [2.05, 4.69) is 0 Å². The van der Waals surface area contributed by atoms with Crippen LogP contribution in [0.2, 0.25) is 5.02 Å². The molecule has 0 N–H and O–H groups in total. The lowest BCUT2D eigenvalue weighted by Gasteiger charge is -2.16. The molecule has 6 nitrogen and oxygen atoms in total. The molecule has 12 heteroatoms. The molecule has 0 atom stereocenters. The average molecular weight is 689 g/mol. The molecular weight excluding hydrogens is 668 g/mol. The van der Waals surface area contributed by atoms with Crippen LogP contribution in [0.4, 0.5) is 17.6 Å². The summed E-state index contributed by atoms with van der Waals surface area (Å²) in [5, 5.41) is 10.1. The molecule has 48 heavy (non-hydrogen) atoms. The van der Waals surface area contributed by atoms with Crippen molar-refractivity contribution in [1.29, 1.82) is 5.26 Å². The Morgan fingerprint density at radius 1 is 0.875 bits per heavy atom. The predicted octanol–water partition coefficient (Wildman–Crippen LogP) is 9.41. The summed E-state index contributed by atoms with van der Waals surface area (Å²) < 4.78 is 92.0. The minimum absolute atomic E-state index is 0.0229. The number of nitrogens with zero attached hydrogens (tertiary/aromatic N) is 2. The van der Waals surface area contributed by atoms with Crippen LogP contribution >= 0.6 is 11.6 Å². The molecule has 0 aliphatic carbocycles. The summed E-state index contributed by atoms with van der Waals surface area (Å²) in [4.78, 5) is 11.7. The van der Waals surface area contributed by atoms with E-state index in [9.17, 15) is 31.6 Å². The van der Waals surface area contributed by atoms with Gasteiger partial charge in [0.05, 0.1) is 40.4 Å². The molecule has 0 bridgehead atoms. The number of aromatic nitrogens is 1. The Hall–Kier alpha value is -5.44. The summed E-state index contributed by atoms with van der Waals surface area (Å²) in [6.45, 7) is 0. The summed E-state index contributed by atoms with van der Waals surface area (Å²) in [5.41, 5.74) is 0.238. The fraction of sp³-hybridized carbons (Fsp3) is 0.0556. The van der Waals surface area contributed by atoms with Gasteiger partial charge in [0.15, 0.2) is 0 Å². The highest BCUT2D eigenvalue weighted by Gasteiger charge is 2.31. The molecule has 5 aromatic carbocycles. The molecule has 1 aromatic heterocycles. The fourth-order valence-corrected chi connectivity index (χ4v) is 7.43. The van der Waals surface area contributed by atoms with Crippen molar-refractivity contribution in [1.82, 2.24) is 3.97 Å². The lowest BCUT2D eigenvalue weighted by atomic mass is 9.93. The Labute approximate surface area is 277 Å². The Balaban J connectivity index is 1.72. The number of methoxy groups -OCH3 is 1. The maximum Gasteiger partial charge on any atom is 0.337 e. The van der Waals surface area contributed by atoms with Crippen molar-refractivity contribution >= 4 is 38.5 Å².